The molecule has 6 heteroatoms. The van der Waals surface area contributed by atoms with E-state index in [9.17, 15) is 9.59 Å². The molecule has 0 amide bonds. The summed E-state index contributed by atoms with van der Waals surface area (Å²) in [4.78, 5) is 22.8. The molecule has 1 aromatic rings. The number of benzene rings is 1. The molecule has 0 bridgehead atoms. The minimum atomic E-state index is -0.742. The van der Waals surface area contributed by atoms with Crippen molar-refractivity contribution in [3.05, 3.63) is 29.3 Å². The number of nitrogens with zero attached hydrogens (tertiary/aromatic N) is 1. The fourth-order valence-electron chi connectivity index (χ4n) is 1.61. The number of ether oxygens (including phenoxy) is 2. The summed E-state index contributed by atoms with van der Waals surface area (Å²) in [6.45, 7) is 3.02. The second kappa shape index (κ2) is 8.32. The number of rotatable bonds is 7. The van der Waals surface area contributed by atoms with Crippen molar-refractivity contribution in [1.29, 1.82) is 5.26 Å². The van der Waals surface area contributed by atoms with E-state index in [1.54, 1.807) is 25.3 Å². The predicted molar refractivity (Wildman–Crippen MR) is 80.3 cm³/mol. The van der Waals surface area contributed by atoms with E-state index in [4.69, 9.17) is 14.7 Å². The molecule has 0 N–H and O–H groups in total. The van der Waals surface area contributed by atoms with Crippen LogP contribution in [-0.4, -0.2) is 30.7 Å². The van der Waals surface area contributed by atoms with Gasteiger partial charge in [-0.05, 0) is 32.0 Å². The topological polar surface area (TPSA) is 76.4 Å². The lowest BCUT2D eigenvalue weighted by Gasteiger charge is -2.10. The summed E-state index contributed by atoms with van der Waals surface area (Å²) in [5.41, 5.74) is 1.45. The number of thioether (sulfide) groups is 1. The highest BCUT2D eigenvalue weighted by Gasteiger charge is 2.11. The van der Waals surface area contributed by atoms with Crippen LogP contribution in [0.25, 0.3) is 0 Å². The molecular weight excluding hydrogens is 290 g/mol. The minimum Gasteiger partial charge on any atom is -0.496 e. The van der Waals surface area contributed by atoms with Gasteiger partial charge in [-0.25, -0.2) is 0 Å². The Balaban J connectivity index is 2.62. The maximum atomic E-state index is 11.5. The van der Waals surface area contributed by atoms with Crippen LogP contribution >= 0.6 is 11.8 Å². The van der Waals surface area contributed by atoms with Gasteiger partial charge in [0.25, 0.3) is 0 Å². The van der Waals surface area contributed by atoms with Crippen LogP contribution in [0.4, 0.5) is 0 Å². The molecule has 0 saturated carbocycles. The van der Waals surface area contributed by atoms with Crippen LogP contribution < -0.4 is 4.74 Å². The number of esters is 1. The second-order valence-electron chi connectivity index (χ2n) is 4.34. The Bertz CT molecular complexity index is 565. The van der Waals surface area contributed by atoms with Crippen molar-refractivity contribution in [1.82, 2.24) is 0 Å². The fourth-order valence-corrected chi connectivity index (χ4v) is 2.39. The van der Waals surface area contributed by atoms with E-state index < -0.39 is 12.1 Å². The van der Waals surface area contributed by atoms with Gasteiger partial charge in [0, 0.05) is 16.9 Å². The van der Waals surface area contributed by atoms with Gasteiger partial charge in [-0.2, -0.15) is 5.26 Å². The molecule has 0 heterocycles. The Morgan fingerprint density at radius 3 is 2.71 bits per heavy atom. The first kappa shape index (κ1) is 17.1. The van der Waals surface area contributed by atoms with E-state index in [0.717, 1.165) is 5.56 Å². The van der Waals surface area contributed by atoms with Crippen molar-refractivity contribution in [2.45, 2.75) is 25.7 Å². The molecular formula is C15H17NO4S. The number of ketones is 1. The van der Waals surface area contributed by atoms with Gasteiger partial charge in [0.2, 0.25) is 0 Å². The van der Waals surface area contributed by atoms with Gasteiger partial charge in [0.1, 0.15) is 11.8 Å². The molecule has 0 fully saturated rings. The third-order valence-electron chi connectivity index (χ3n) is 2.65. The number of carbonyl (C=O) groups excluding carboxylic acids is 2. The molecule has 0 saturated heterocycles. The lowest BCUT2D eigenvalue weighted by Crippen LogP contribution is -2.14. The van der Waals surface area contributed by atoms with Crippen LogP contribution in [0, 0.1) is 11.3 Å². The molecule has 5 nitrogen and oxygen atoms in total. The van der Waals surface area contributed by atoms with Crippen LogP contribution in [0.1, 0.15) is 29.8 Å². The zero-order valence-electron chi connectivity index (χ0n) is 12.2. The van der Waals surface area contributed by atoms with E-state index in [2.05, 4.69) is 0 Å². The van der Waals surface area contributed by atoms with Crippen molar-refractivity contribution >= 4 is 23.5 Å². The SMILES string of the molecule is COc1ccc(C(C)=O)cc1CSCC(=O)O[C@H](C)C#N. The van der Waals surface area contributed by atoms with Gasteiger partial charge >= 0.3 is 5.97 Å². The lowest BCUT2D eigenvalue weighted by molar-refractivity contribution is -0.142. The number of Topliss-reactive ketones (excluding diaryl/α,β-unsaturated/α-hetero) is 1. The average Bonchev–Trinajstić information content (AvgIpc) is 2.46. The Labute approximate surface area is 128 Å². The molecule has 0 aromatic heterocycles. The summed E-state index contributed by atoms with van der Waals surface area (Å²) in [5.74, 6) is 0.868. The van der Waals surface area contributed by atoms with Crippen LogP contribution in [0.2, 0.25) is 0 Å². The second-order valence-corrected chi connectivity index (χ2v) is 5.32. The average molecular weight is 307 g/mol. The van der Waals surface area contributed by atoms with Crippen LogP contribution in [0.3, 0.4) is 0 Å². The zero-order valence-corrected chi connectivity index (χ0v) is 13.0. The maximum Gasteiger partial charge on any atom is 0.317 e. The number of hydrogen-bond donors (Lipinski definition) is 0. The third-order valence-corrected chi connectivity index (χ3v) is 3.61. The lowest BCUT2D eigenvalue weighted by atomic mass is 10.1. The van der Waals surface area contributed by atoms with E-state index >= 15 is 0 Å². The molecule has 0 aliphatic heterocycles. The van der Waals surface area contributed by atoms with Crippen molar-refractivity contribution in [3.8, 4) is 11.8 Å². The van der Waals surface area contributed by atoms with Crippen molar-refractivity contribution < 1.29 is 19.1 Å². The minimum absolute atomic E-state index is 0.0221. The fraction of sp³-hybridized carbons (Fsp3) is 0.400. The maximum absolute atomic E-state index is 11.5. The van der Waals surface area contributed by atoms with Gasteiger partial charge in [-0.1, -0.05) is 0 Å². The monoisotopic (exact) mass is 307 g/mol. The number of hydrogen-bond acceptors (Lipinski definition) is 6. The third kappa shape index (κ3) is 5.48. The molecule has 1 atom stereocenters. The van der Waals surface area contributed by atoms with Gasteiger partial charge in [-0.3, -0.25) is 9.59 Å². The van der Waals surface area contributed by atoms with Crippen molar-refractivity contribution in [3.63, 3.8) is 0 Å². The standard InChI is InChI=1S/C15H17NO4S/c1-10(7-16)20-15(18)9-21-8-13-6-12(11(2)17)4-5-14(13)19-3/h4-6,10H,8-9H2,1-3H3/t10-/m1/s1. The van der Waals surface area contributed by atoms with Crippen LogP contribution in [-0.2, 0) is 15.3 Å². The van der Waals surface area contributed by atoms with E-state index in [1.807, 2.05) is 6.07 Å². The van der Waals surface area contributed by atoms with Gasteiger partial charge in [0.05, 0.1) is 12.9 Å². The Kier molecular flexibility index (Phi) is 6.76. The van der Waals surface area contributed by atoms with Crippen molar-refractivity contribution in [2.75, 3.05) is 12.9 Å². The first-order valence-corrected chi connectivity index (χ1v) is 7.48. The first-order chi connectivity index (χ1) is 9.97. The van der Waals surface area contributed by atoms with Crippen LogP contribution in [0.5, 0.6) is 5.75 Å². The normalized spacial score (nSPS) is 11.3. The van der Waals surface area contributed by atoms with E-state index in [-0.39, 0.29) is 11.5 Å². The highest BCUT2D eigenvalue weighted by molar-refractivity contribution is 7.99. The Morgan fingerprint density at radius 2 is 2.14 bits per heavy atom. The van der Waals surface area contributed by atoms with E-state index in [0.29, 0.717) is 17.1 Å². The van der Waals surface area contributed by atoms with Crippen molar-refractivity contribution in [2.24, 2.45) is 0 Å². The van der Waals surface area contributed by atoms with Gasteiger partial charge in [-0.15, -0.1) is 11.8 Å². The summed E-state index contributed by atoms with van der Waals surface area (Å²) < 4.78 is 10.1. The summed E-state index contributed by atoms with van der Waals surface area (Å²) in [5, 5.41) is 8.56. The first-order valence-electron chi connectivity index (χ1n) is 6.32. The highest BCUT2D eigenvalue weighted by atomic mass is 32.2. The number of methoxy groups -OCH3 is 1. The smallest absolute Gasteiger partial charge is 0.317 e. The quantitative estimate of drug-likeness (QED) is 0.569. The molecule has 0 unspecified atom stereocenters. The Morgan fingerprint density at radius 1 is 1.43 bits per heavy atom. The summed E-state index contributed by atoms with van der Waals surface area (Å²) in [6.07, 6.45) is -0.742. The molecule has 21 heavy (non-hydrogen) atoms. The zero-order chi connectivity index (χ0) is 15.8. The summed E-state index contributed by atoms with van der Waals surface area (Å²) in [6, 6.07) is 7.04. The van der Waals surface area contributed by atoms with E-state index in [1.165, 1.54) is 25.6 Å². The predicted octanol–water partition coefficient (Wildman–Crippen LogP) is 2.59. The van der Waals surface area contributed by atoms with Gasteiger partial charge in [0.15, 0.2) is 11.9 Å². The molecule has 0 aliphatic rings. The largest absolute Gasteiger partial charge is 0.496 e. The summed E-state index contributed by atoms with van der Waals surface area (Å²) >= 11 is 1.34. The number of nitriles is 1. The molecule has 0 radical (unpaired) electrons. The van der Waals surface area contributed by atoms with Crippen LogP contribution in [0.15, 0.2) is 18.2 Å². The molecule has 1 aromatic carbocycles. The van der Waals surface area contributed by atoms with Gasteiger partial charge < -0.3 is 9.47 Å². The summed E-state index contributed by atoms with van der Waals surface area (Å²) in [7, 11) is 1.56. The Hall–Kier alpha value is -2.00. The molecule has 112 valence electrons. The molecule has 0 spiro atoms. The molecule has 1 rings (SSSR count). The highest BCUT2D eigenvalue weighted by Crippen LogP contribution is 2.25. The molecule has 0 aliphatic carbocycles. The number of carbonyl (C=O) groups is 2.